The van der Waals surface area contributed by atoms with Crippen molar-refractivity contribution in [2.45, 2.75) is 17.9 Å². The van der Waals surface area contributed by atoms with Crippen molar-refractivity contribution in [1.29, 1.82) is 0 Å². The molecule has 8 nitrogen and oxygen atoms in total. The van der Waals surface area contributed by atoms with E-state index >= 15 is 0 Å². The Morgan fingerprint density at radius 2 is 1.79 bits per heavy atom. The molecule has 1 aromatic heterocycles. The number of benzene rings is 3. The fourth-order valence-corrected chi connectivity index (χ4v) is 4.52. The molecule has 4 aromatic rings. The first kappa shape index (κ1) is 28.0. The first-order valence-electron chi connectivity index (χ1n) is 11.4. The third-order valence-electron chi connectivity index (χ3n) is 5.34. The fourth-order valence-electron chi connectivity index (χ4n) is 3.56. The van der Waals surface area contributed by atoms with Gasteiger partial charge in [0.25, 0.3) is 5.91 Å². The number of para-hydroxylation sites is 1. The SMILES string of the molecule is COc1cccc(C(=O)NCc2nnc(SCC(=O)Nc3ccccc3C(F)(F)F)n2-c2cccc(Cl)c2)c1. The van der Waals surface area contributed by atoms with Crippen molar-refractivity contribution in [3.8, 4) is 11.4 Å². The third-order valence-corrected chi connectivity index (χ3v) is 6.51. The molecule has 0 radical (unpaired) electrons. The molecule has 0 bridgehead atoms. The lowest BCUT2D eigenvalue weighted by Gasteiger charge is -2.14. The second-order valence-electron chi connectivity index (χ2n) is 8.01. The Labute approximate surface area is 230 Å². The van der Waals surface area contributed by atoms with Gasteiger partial charge < -0.3 is 15.4 Å². The Balaban J connectivity index is 1.52. The van der Waals surface area contributed by atoms with Crippen LogP contribution in [-0.4, -0.2) is 39.4 Å². The van der Waals surface area contributed by atoms with E-state index in [2.05, 4.69) is 20.8 Å². The van der Waals surface area contributed by atoms with Crippen LogP contribution in [0.4, 0.5) is 18.9 Å². The number of carbonyl (C=O) groups excluding carboxylic acids is 2. The summed E-state index contributed by atoms with van der Waals surface area (Å²) in [4.78, 5) is 25.3. The van der Waals surface area contributed by atoms with Gasteiger partial charge in [0.1, 0.15) is 5.75 Å². The highest BCUT2D eigenvalue weighted by Crippen LogP contribution is 2.34. The van der Waals surface area contributed by atoms with E-state index < -0.39 is 17.6 Å². The highest BCUT2D eigenvalue weighted by atomic mass is 35.5. The van der Waals surface area contributed by atoms with Gasteiger partial charge in [-0.2, -0.15) is 13.2 Å². The minimum Gasteiger partial charge on any atom is -0.497 e. The average molecular weight is 576 g/mol. The summed E-state index contributed by atoms with van der Waals surface area (Å²) >= 11 is 7.14. The molecule has 0 saturated heterocycles. The van der Waals surface area contributed by atoms with Crippen LogP contribution in [-0.2, 0) is 17.5 Å². The first-order valence-corrected chi connectivity index (χ1v) is 12.7. The maximum absolute atomic E-state index is 13.3. The van der Waals surface area contributed by atoms with Gasteiger partial charge in [0, 0.05) is 10.6 Å². The number of alkyl halides is 3. The Morgan fingerprint density at radius 3 is 2.54 bits per heavy atom. The summed E-state index contributed by atoms with van der Waals surface area (Å²) in [6.45, 7) is -0.0126. The lowest BCUT2D eigenvalue weighted by Crippen LogP contribution is -2.24. The number of aromatic nitrogens is 3. The summed E-state index contributed by atoms with van der Waals surface area (Å²) < 4.78 is 46.6. The molecule has 0 aliphatic heterocycles. The van der Waals surface area contributed by atoms with Crippen LogP contribution in [0.5, 0.6) is 5.75 Å². The summed E-state index contributed by atoms with van der Waals surface area (Å²) in [7, 11) is 1.50. The van der Waals surface area contributed by atoms with E-state index in [0.29, 0.717) is 27.8 Å². The lowest BCUT2D eigenvalue weighted by molar-refractivity contribution is -0.137. The van der Waals surface area contributed by atoms with E-state index in [4.69, 9.17) is 16.3 Å². The molecule has 2 N–H and O–H groups in total. The Morgan fingerprint density at radius 1 is 1.03 bits per heavy atom. The number of carbonyl (C=O) groups is 2. The predicted molar refractivity (Wildman–Crippen MR) is 141 cm³/mol. The molecular formula is C26H21ClF3N5O3S. The van der Waals surface area contributed by atoms with Crippen molar-refractivity contribution in [3.05, 3.63) is 94.8 Å². The van der Waals surface area contributed by atoms with Crippen LogP contribution >= 0.6 is 23.4 Å². The molecule has 202 valence electrons. The number of halogens is 4. The number of thioether (sulfide) groups is 1. The number of nitrogens with zero attached hydrogens (tertiary/aromatic N) is 3. The molecule has 0 saturated carbocycles. The monoisotopic (exact) mass is 575 g/mol. The molecule has 0 fully saturated rings. The van der Waals surface area contributed by atoms with Gasteiger partial charge in [0.2, 0.25) is 5.91 Å². The maximum atomic E-state index is 13.3. The lowest BCUT2D eigenvalue weighted by atomic mass is 10.1. The molecule has 0 aliphatic rings. The van der Waals surface area contributed by atoms with E-state index in [1.807, 2.05) is 0 Å². The van der Waals surface area contributed by atoms with Gasteiger partial charge in [0.05, 0.1) is 36.3 Å². The fraction of sp³-hybridized carbons (Fsp3) is 0.154. The van der Waals surface area contributed by atoms with Crippen LogP contribution in [0.15, 0.2) is 78.0 Å². The molecule has 39 heavy (non-hydrogen) atoms. The van der Waals surface area contributed by atoms with Gasteiger partial charge in [-0.3, -0.25) is 14.2 Å². The van der Waals surface area contributed by atoms with Gasteiger partial charge in [0.15, 0.2) is 11.0 Å². The molecule has 0 unspecified atom stereocenters. The highest BCUT2D eigenvalue weighted by molar-refractivity contribution is 7.99. The second-order valence-corrected chi connectivity index (χ2v) is 9.39. The van der Waals surface area contributed by atoms with Gasteiger partial charge in [-0.05, 0) is 48.5 Å². The topological polar surface area (TPSA) is 98.1 Å². The quantitative estimate of drug-likeness (QED) is 0.252. The van der Waals surface area contributed by atoms with Crippen molar-refractivity contribution in [3.63, 3.8) is 0 Å². The van der Waals surface area contributed by atoms with Crippen molar-refractivity contribution in [2.24, 2.45) is 0 Å². The molecule has 0 aliphatic carbocycles. The van der Waals surface area contributed by atoms with Crippen molar-refractivity contribution in [2.75, 3.05) is 18.2 Å². The zero-order chi connectivity index (χ0) is 28.0. The first-order chi connectivity index (χ1) is 18.7. The Kier molecular flexibility index (Phi) is 8.77. The summed E-state index contributed by atoms with van der Waals surface area (Å²) in [5.74, 6) is -0.406. The molecular weight excluding hydrogens is 555 g/mol. The highest BCUT2D eigenvalue weighted by Gasteiger charge is 2.33. The minimum atomic E-state index is -4.62. The molecule has 2 amide bonds. The summed E-state index contributed by atoms with van der Waals surface area (Å²) in [5.41, 5.74) is -0.329. The minimum absolute atomic E-state index is 0.0126. The average Bonchev–Trinajstić information content (AvgIpc) is 3.33. The van der Waals surface area contributed by atoms with Crippen LogP contribution in [0.25, 0.3) is 5.69 Å². The zero-order valence-electron chi connectivity index (χ0n) is 20.3. The molecule has 13 heteroatoms. The van der Waals surface area contributed by atoms with Crippen molar-refractivity contribution >= 4 is 40.9 Å². The number of anilines is 1. The van der Waals surface area contributed by atoms with Crippen LogP contribution in [0.2, 0.25) is 5.02 Å². The third kappa shape index (κ3) is 7.09. The molecule has 1 heterocycles. The Hall–Kier alpha value is -4.03. The number of hydrogen-bond donors (Lipinski definition) is 2. The second kappa shape index (κ2) is 12.2. The van der Waals surface area contributed by atoms with Crippen LogP contribution in [0.3, 0.4) is 0 Å². The van der Waals surface area contributed by atoms with E-state index in [0.717, 1.165) is 17.8 Å². The van der Waals surface area contributed by atoms with Gasteiger partial charge in [-0.25, -0.2) is 0 Å². The standard InChI is InChI=1S/C26H21ClF3N5O3S/c1-38-19-9-4-6-16(12-19)24(37)31-14-22-33-34-25(35(22)18-8-5-7-17(27)13-18)39-15-23(36)32-21-11-3-2-10-20(21)26(28,29)30/h2-13H,14-15H2,1H3,(H,31,37)(H,32,36). The maximum Gasteiger partial charge on any atom is 0.418 e. The Bertz CT molecular complexity index is 1500. The summed E-state index contributed by atoms with van der Waals surface area (Å²) in [5, 5.41) is 14.1. The van der Waals surface area contributed by atoms with E-state index in [-0.39, 0.29) is 29.0 Å². The van der Waals surface area contributed by atoms with Crippen molar-refractivity contribution < 1.29 is 27.5 Å². The normalized spacial score (nSPS) is 11.2. The molecule has 4 rings (SSSR count). The smallest absolute Gasteiger partial charge is 0.418 e. The number of ether oxygens (including phenoxy) is 1. The van der Waals surface area contributed by atoms with Crippen molar-refractivity contribution in [1.82, 2.24) is 20.1 Å². The molecule has 0 atom stereocenters. The summed E-state index contributed by atoms with van der Waals surface area (Å²) in [6, 6.07) is 18.1. The largest absolute Gasteiger partial charge is 0.497 e. The van der Waals surface area contributed by atoms with Crippen LogP contribution in [0.1, 0.15) is 21.7 Å². The van der Waals surface area contributed by atoms with Crippen LogP contribution in [0, 0.1) is 0 Å². The zero-order valence-corrected chi connectivity index (χ0v) is 21.9. The number of rotatable bonds is 9. The number of hydrogen-bond acceptors (Lipinski definition) is 6. The molecule has 0 spiro atoms. The predicted octanol–water partition coefficient (Wildman–Crippen LogP) is 5.61. The number of methoxy groups -OCH3 is 1. The van der Waals surface area contributed by atoms with E-state index in [1.165, 1.54) is 25.3 Å². The number of amides is 2. The van der Waals surface area contributed by atoms with Crippen LogP contribution < -0.4 is 15.4 Å². The molecule has 3 aromatic carbocycles. The van der Waals surface area contributed by atoms with Gasteiger partial charge in [-0.15, -0.1) is 10.2 Å². The van der Waals surface area contributed by atoms with Gasteiger partial charge >= 0.3 is 6.18 Å². The summed E-state index contributed by atoms with van der Waals surface area (Å²) in [6.07, 6.45) is -4.62. The number of nitrogens with one attached hydrogen (secondary N) is 2. The van der Waals surface area contributed by atoms with E-state index in [1.54, 1.807) is 53.1 Å². The van der Waals surface area contributed by atoms with Gasteiger partial charge in [-0.1, -0.05) is 47.6 Å². The van der Waals surface area contributed by atoms with E-state index in [9.17, 15) is 22.8 Å².